The number of hydrogen-bond acceptors (Lipinski definition) is 4. The minimum absolute atomic E-state index is 0.00294. The third kappa shape index (κ3) is 7.31. The van der Waals surface area contributed by atoms with Gasteiger partial charge in [0, 0.05) is 22.6 Å². The van der Waals surface area contributed by atoms with Crippen molar-refractivity contribution in [3.8, 4) is 11.5 Å². The highest BCUT2D eigenvalue weighted by Crippen LogP contribution is 2.24. The van der Waals surface area contributed by atoms with Crippen molar-refractivity contribution in [1.82, 2.24) is 10.2 Å². The molecule has 0 radical (unpaired) electrons. The summed E-state index contributed by atoms with van der Waals surface area (Å²) < 4.78 is 10.8. The smallest absolute Gasteiger partial charge is 0.261 e. The molecule has 0 fully saturated rings. The normalized spacial score (nSPS) is 12.6. The van der Waals surface area contributed by atoms with E-state index in [0.717, 1.165) is 6.42 Å². The first-order valence-corrected chi connectivity index (χ1v) is 11.3. The standard InChI is InChI=1S/C24H30Cl2N2O4/c1-5-16(3)27-24(30)22(6-2)28(14-17-7-8-18(25)13-21(17)26)23(29)15-32-20-11-9-19(31-4)10-12-20/h7-13,16,22H,5-6,14-15H2,1-4H3,(H,27,30)/t16-,22-/m0/s1. The predicted molar refractivity (Wildman–Crippen MR) is 127 cm³/mol. The molecular weight excluding hydrogens is 451 g/mol. The highest BCUT2D eigenvalue weighted by Gasteiger charge is 2.30. The molecule has 2 aromatic carbocycles. The fourth-order valence-corrected chi connectivity index (χ4v) is 3.56. The lowest BCUT2D eigenvalue weighted by Gasteiger charge is -2.31. The number of carbonyl (C=O) groups excluding carboxylic acids is 2. The number of nitrogens with zero attached hydrogens (tertiary/aromatic N) is 1. The maximum Gasteiger partial charge on any atom is 0.261 e. The van der Waals surface area contributed by atoms with Crippen LogP contribution in [0.15, 0.2) is 42.5 Å². The molecule has 1 N–H and O–H groups in total. The average molecular weight is 481 g/mol. The maximum absolute atomic E-state index is 13.2. The number of halogens is 2. The minimum atomic E-state index is -0.664. The van der Waals surface area contributed by atoms with Crippen LogP contribution in [0.1, 0.15) is 39.2 Å². The van der Waals surface area contributed by atoms with E-state index in [1.165, 1.54) is 4.90 Å². The van der Waals surface area contributed by atoms with E-state index in [-0.39, 0.29) is 31.0 Å². The van der Waals surface area contributed by atoms with Gasteiger partial charge in [-0.3, -0.25) is 9.59 Å². The van der Waals surface area contributed by atoms with E-state index in [0.29, 0.717) is 33.5 Å². The van der Waals surface area contributed by atoms with E-state index in [1.54, 1.807) is 49.6 Å². The van der Waals surface area contributed by atoms with Gasteiger partial charge in [0.1, 0.15) is 17.5 Å². The molecule has 0 unspecified atom stereocenters. The third-order valence-corrected chi connectivity index (χ3v) is 5.75. The molecule has 2 atom stereocenters. The zero-order chi connectivity index (χ0) is 23.7. The molecular formula is C24H30Cl2N2O4. The Morgan fingerprint density at radius 2 is 1.69 bits per heavy atom. The Hall–Kier alpha value is -2.44. The first-order chi connectivity index (χ1) is 15.3. The van der Waals surface area contributed by atoms with Crippen LogP contribution in [-0.2, 0) is 16.1 Å². The lowest BCUT2D eigenvalue weighted by molar-refractivity contribution is -0.143. The summed E-state index contributed by atoms with van der Waals surface area (Å²) >= 11 is 12.4. The van der Waals surface area contributed by atoms with Crippen molar-refractivity contribution in [2.45, 2.75) is 52.2 Å². The number of methoxy groups -OCH3 is 1. The van der Waals surface area contributed by atoms with E-state index >= 15 is 0 Å². The quantitative estimate of drug-likeness (QED) is 0.485. The summed E-state index contributed by atoms with van der Waals surface area (Å²) in [5.74, 6) is 0.693. The van der Waals surface area contributed by atoms with Crippen molar-refractivity contribution in [3.63, 3.8) is 0 Å². The fourth-order valence-electron chi connectivity index (χ4n) is 3.09. The van der Waals surface area contributed by atoms with Gasteiger partial charge in [0.15, 0.2) is 6.61 Å². The van der Waals surface area contributed by atoms with E-state index in [4.69, 9.17) is 32.7 Å². The molecule has 0 aliphatic rings. The fraction of sp³-hybridized carbons (Fsp3) is 0.417. The summed E-state index contributed by atoms with van der Waals surface area (Å²) in [6.07, 6.45) is 1.24. The lowest BCUT2D eigenvalue weighted by Crippen LogP contribution is -2.51. The van der Waals surface area contributed by atoms with Crippen molar-refractivity contribution >= 4 is 35.0 Å². The topological polar surface area (TPSA) is 67.9 Å². The SMILES string of the molecule is CC[C@H](C)NC(=O)[C@H](CC)N(Cc1ccc(Cl)cc1Cl)C(=O)COc1ccc(OC)cc1. The number of ether oxygens (including phenoxy) is 2. The van der Waals surface area contributed by atoms with E-state index in [9.17, 15) is 9.59 Å². The molecule has 0 heterocycles. The Kier molecular flexibility index (Phi) is 10.1. The first kappa shape index (κ1) is 25.8. The number of amides is 2. The molecule has 0 aliphatic carbocycles. The van der Waals surface area contributed by atoms with E-state index in [1.807, 2.05) is 20.8 Å². The molecule has 0 bridgehead atoms. The number of hydrogen-bond donors (Lipinski definition) is 1. The van der Waals surface area contributed by atoms with Crippen LogP contribution in [0.3, 0.4) is 0 Å². The summed E-state index contributed by atoms with van der Waals surface area (Å²) in [5, 5.41) is 3.91. The van der Waals surface area contributed by atoms with Crippen LogP contribution < -0.4 is 14.8 Å². The highest BCUT2D eigenvalue weighted by molar-refractivity contribution is 6.35. The number of benzene rings is 2. The number of nitrogens with one attached hydrogen (secondary N) is 1. The molecule has 0 saturated heterocycles. The van der Waals surface area contributed by atoms with Crippen LogP contribution in [0, 0.1) is 0 Å². The van der Waals surface area contributed by atoms with Crippen molar-refractivity contribution in [3.05, 3.63) is 58.1 Å². The Morgan fingerprint density at radius 3 is 2.25 bits per heavy atom. The summed E-state index contributed by atoms with van der Waals surface area (Å²) in [5.41, 5.74) is 0.698. The van der Waals surface area contributed by atoms with Crippen LogP contribution in [0.4, 0.5) is 0 Å². The molecule has 174 valence electrons. The second-order valence-corrected chi connectivity index (χ2v) is 8.31. The van der Waals surface area contributed by atoms with Crippen molar-refractivity contribution in [1.29, 1.82) is 0 Å². The predicted octanol–water partition coefficient (Wildman–Crippen LogP) is 5.10. The number of rotatable bonds is 11. The Labute approximate surface area is 199 Å². The lowest BCUT2D eigenvalue weighted by atomic mass is 10.1. The Balaban J connectivity index is 2.23. The van der Waals surface area contributed by atoms with Crippen LogP contribution in [-0.4, -0.2) is 42.5 Å². The molecule has 32 heavy (non-hydrogen) atoms. The maximum atomic E-state index is 13.2. The summed E-state index contributed by atoms with van der Waals surface area (Å²) in [6, 6.07) is 11.4. The molecule has 0 saturated carbocycles. The molecule has 6 nitrogen and oxygen atoms in total. The largest absolute Gasteiger partial charge is 0.497 e. The van der Waals surface area contributed by atoms with Crippen LogP contribution >= 0.6 is 23.2 Å². The first-order valence-electron chi connectivity index (χ1n) is 10.6. The van der Waals surface area contributed by atoms with Gasteiger partial charge in [0.05, 0.1) is 7.11 Å². The van der Waals surface area contributed by atoms with Crippen molar-refractivity contribution in [2.24, 2.45) is 0 Å². The molecule has 0 spiro atoms. The van der Waals surface area contributed by atoms with Gasteiger partial charge >= 0.3 is 0 Å². The van der Waals surface area contributed by atoms with Gasteiger partial charge < -0.3 is 19.7 Å². The highest BCUT2D eigenvalue weighted by atomic mass is 35.5. The van der Waals surface area contributed by atoms with Gasteiger partial charge in [-0.2, -0.15) is 0 Å². The molecule has 2 aromatic rings. The number of carbonyl (C=O) groups is 2. The summed E-state index contributed by atoms with van der Waals surface area (Å²) in [7, 11) is 1.58. The van der Waals surface area contributed by atoms with Crippen molar-refractivity contribution < 1.29 is 19.1 Å². The summed E-state index contributed by atoms with van der Waals surface area (Å²) in [4.78, 5) is 27.7. The second kappa shape index (κ2) is 12.6. The Bertz CT molecular complexity index is 905. The molecule has 8 heteroatoms. The van der Waals surface area contributed by atoms with Gasteiger partial charge in [0.2, 0.25) is 5.91 Å². The Morgan fingerprint density at radius 1 is 1.03 bits per heavy atom. The average Bonchev–Trinajstić information content (AvgIpc) is 2.78. The minimum Gasteiger partial charge on any atom is -0.497 e. The molecule has 2 rings (SSSR count). The second-order valence-electron chi connectivity index (χ2n) is 7.46. The zero-order valence-electron chi connectivity index (χ0n) is 18.9. The van der Waals surface area contributed by atoms with Crippen LogP contribution in [0.2, 0.25) is 10.0 Å². The van der Waals surface area contributed by atoms with Crippen LogP contribution in [0.5, 0.6) is 11.5 Å². The van der Waals surface area contributed by atoms with Gasteiger partial charge in [-0.05, 0) is 61.7 Å². The van der Waals surface area contributed by atoms with Gasteiger partial charge in [-0.15, -0.1) is 0 Å². The zero-order valence-corrected chi connectivity index (χ0v) is 20.4. The van der Waals surface area contributed by atoms with Gasteiger partial charge in [-0.1, -0.05) is 43.1 Å². The van der Waals surface area contributed by atoms with Gasteiger partial charge in [0.25, 0.3) is 5.91 Å². The monoisotopic (exact) mass is 480 g/mol. The van der Waals surface area contributed by atoms with Crippen LogP contribution in [0.25, 0.3) is 0 Å². The molecule has 0 aromatic heterocycles. The molecule has 0 aliphatic heterocycles. The molecule has 2 amide bonds. The summed E-state index contributed by atoms with van der Waals surface area (Å²) in [6.45, 7) is 5.73. The van der Waals surface area contributed by atoms with E-state index in [2.05, 4.69) is 5.32 Å². The van der Waals surface area contributed by atoms with E-state index < -0.39 is 6.04 Å². The van der Waals surface area contributed by atoms with Gasteiger partial charge in [-0.25, -0.2) is 0 Å². The third-order valence-electron chi connectivity index (χ3n) is 5.16. The van der Waals surface area contributed by atoms with Crippen molar-refractivity contribution in [2.75, 3.05) is 13.7 Å².